The van der Waals surface area contributed by atoms with Crippen molar-refractivity contribution in [3.63, 3.8) is 0 Å². The van der Waals surface area contributed by atoms with Crippen molar-refractivity contribution in [3.05, 3.63) is 35.9 Å². The first-order chi connectivity index (χ1) is 7.33. The van der Waals surface area contributed by atoms with E-state index in [0.29, 0.717) is 0 Å². The molecule has 80 valence electrons. The summed E-state index contributed by atoms with van der Waals surface area (Å²) in [6, 6.07) is 9.75. The minimum absolute atomic E-state index is 0.0948. The van der Waals surface area contributed by atoms with Gasteiger partial charge in [-0.1, -0.05) is 50.1 Å². The Hall–Kier alpha value is -1.15. The van der Waals surface area contributed by atoms with Crippen molar-refractivity contribution < 1.29 is 9.53 Å². The highest BCUT2D eigenvalue weighted by Gasteiger charge is 2.57. The lowest BCUT2D eigenvalue weighted by Gasteiger charge is -2.04. The molecule has 0 amide bonds. The van der Waals surface area contributed by atoms with Gasteiger partial charge in [-0.25, -0.2) is 0 Å². The lowest BCUT2D eigenvalue weighted by atomic mass is 9.94. The van der Waals surface area contributed by atoms with Gasteiger partial charge in [0, 0.05) is 0 Å². The molecular formula is C13H16O2. The van der Waals surface area contributed by atoms with Crippen LogP contribution in [0.5, 0.6) is 0 Å². The van der Waals surface area contributed by atoms with E-state index < -0.39 is 5.60 Å². The van der Waals surface area contributed by atoms with Crippen molar-refractivity contribution in [2.75, 3.05) is 0 Å². The van der Waals surface area contributed by atoms with Gasteiger partial charge in [0.25, 0.3) is 0 Å². The van der Waals surface area contributed by atoms with Crippen LogP contribution in [0, 0.1) is 0 Å². The molecule has 1 fully saturated rings. The van der Waals surface area contributed by atoms with Gasteiger partial charge in [0.1, 0.15) is 0 Å². The monoisotopic (exact) mass is 204 g/mol. The van der Waals surface area contributed by atoms with E-state index in [-0.39, 0.29) is 6.10 Å². The lowest BCUT2D eigenvalue weighted by molar-refractivity contribution is -0.112. The highest BCUT2D eigenvalue weighted by Crippen LogP contribution is 2.46. The number of aldehydes is 1. The molecule has 2 heteroatoms. The average Bonchev–Trinajstić information content (AvgIpc) is 3.03. The molecule has 1 aliphatic heterocycles. The number of hydrogen-bond donors (Lipinski definition) is 0. The second kappa shape index (κ2) is 4.15. The molecule has 1 aliphatic rings. The predicted octanol–water partition coefficient (Wildman–Crippen LogP) is 2.67. The Balaban J connectivity index is 2.10. The van der Waals surface area contributed by atoms with Crippen LogP contribution in [0.4, 0.5) is 0 Å². The third-order valence-electron chi connectivity index (χ3n) is 2.98. The second-order valence-corrected chi connectivity index (χ2v) is 4.03. The highest BCUT2D eigenvalue weighted by atomic mass is 16.6. The Morgan fingerprint density at radius 2 is 2.13 bits per heavy atom. The molecule has 0 radical (unpaired) electrons. The van der Waals surface area contributed by atoms with E-state index in [1.165, 1.54) is 0 Å². The van der Waals surface area contributed by atoms with Gasteiger partial charge in [0.15, 0.2) is 11.9 Å². The van der Waals surface area contributed by atoms with Gasteiger partial charge in [0.2, 0.25) is 0 Å². The molecule has 1 aromatic carbocycles. The topological polar surface area (TPSA) is 29.6 Å². The molecule has 2 rings (SSSR count). The van der Waals surface area contributed by atoms with Gasteiger partial charge in [0.05, 0.1) is 6.10 Å². The molecule has 0 aliphatic carbocycles. The molecule has 2 atom stereocenters. The summed E-state index contributed by atoms with van der Waals surface area (Å²) in [5.41, 5.74) is 0.359. The fourth-order valence-electron chi connectivity index (χ4n) is 1.99. The first-order valence-electron chi connectivity index (χ1n) is 5.53. The SMILES string of the molecule is CCCCC1OC1(C=O)c1ccccc1. The molecule has 0 bridgehead atoms. The van der Waals surface area contributed by atoms with Gasteiger partial charge in [-0.2, -0.15) is 0 Å². The fourth-order valence-corrected chi connectivity index (χ4v) is 1.99. The summed E-state index contributed by atoms with van der Waals surface area (Å²) in [6.45, 7) is 2.15. The molecule has 15 heavy (non-hydrogen) atoms. The number of carbonyl (C=O) groups excluding carboxylic acids is 1. The van der Waals surface area contributed by atoms with E-state index in [0.717, 1.165) is 31.1 Å². The van der Waals surface area contributed by atoms with Gasteiger partial charge in [-0.05, 0) is 12.0 Å². The zero-order valence-electron chi connectivity index (χ0n) is 8.98. The molecule has 0 saturated carbocycles. The van der Waals surface area contributed by atoms with Crippen molar-refractivity contribution in [1.29, 1.82) is 0 Å². The van der Waals surface area contributed by atoms with E-state index >= 15 is 0 Å². The Labute approximate surface area is 90.3 Å². The maximum Gasteiger partial charge on any atom is 0.174 e. The van der Waals surface area contributed by atoms with Crippen LogP contribution in [0.2, 0.25) is 0 Å². The fraction of sp³-hybridized carbons (Fsp3) is 0.462. The van der Waals surface area contributed by atoms with E-state index in [2.05, 4.69) is 6.92 Å². The number of unbranched alkanes of at least 4 members (excludes halogenated alkanes) is 1. The maximum absolute atomic E-state index is 11.1. The molecule has 0 N–H and O–H groups in total. The van der Waals surface area contributed by atoms with Crippen LogP contribution in [0.25, 0.3) is 0 Å². The number of carbonyl (C=O) groups is 1. The third-order valence-corrected chi connectivity index (χ3v) is 2.98. The summed E-state index contributed by atoms with van der Waals surface area (Å²) in [4.78, 5) is 11.1. The minimum atomic E-state index is -0.629. The van der Waals surface area contributed by atoms with E-state index in [9.17, 15) is 4.79 Å². The van der Waals surface area contributed by atoms with E-state index in [4.69, 9.17) is 4.74 Å². The van der Waals surface area contributed by atoms with Crippen molar-refractivity contribution in [2.24, 2.45) is 0 Å². The van der Waals surface area contributed by atoms with Crippen molar-refractivity contribution in [3.8, 4) is 0 Å². The van der Waals surface area contributed by atoms with E-state index in [1.807, 2.05) is 30.3 Å². The van der Waals surface area contributed by atoms with Crippen LogP contribution in [0.3, 0.4) is 0 Å². The molecule has 1 aromatic rings. The first kappa shape index (κ1) is 10.4. The predicted molar refractivity (Wildman–Crippen MR) is 58.6 cm³/mol. The zero-order chi connectivity index (χ0) is 10.7. The summed E-state index contributed by atoms with van der Waals surface area (Å²) >= 11 is 0. The van der Waals surface area contributed by atoms with Gasteiger partial charge in [-0.15, -0.1) is 0 Å². The number of epoxide rings is 1. The Bertz CT molecular complexity index is 334. The Morgan fingerprint density at radius 3 is 2.73 bits per heavy atom. The summed E-state index contributed by atoms with van der Waals surface area (Å²) in [5, 5.41) is 0. The minimum Gasteiger partial charge on any atom is -0.353 e. The summed E-state index contributed by atoms with van der Waals surface area (Å²) in [5.74, 6) is 0. The lowest BCUT2D eigenvalue weighted by Crippen LogP contribution is -2.14. The first-order valence-corrected chi connectivity index (χ1v) is 5.53. The number of benzene rings is 1. The molecular weight excluding hydrogens is 188 g/mol. The summed E-state index contributed by atoms with van der Waals surface area (Å²) in [6.07, 6.45) is 4.28. The Kier molecular flexibility index (Phi) is 2.87. The number of hydrogen-bond acceptors (Lipinski definition) is 2. The third kappa shape index (κ3) is 1.82. The molecule has 2 nitrogen and oxygen atoms in total. The van der Waals surface area contributed by atoms with Crippen LogP contribution >= 0.6 is 0 Å². The number of rotatable bonds is 5. The molecule has 0 aromatic heterocycles. The van der Waals surface area contributed by atoms with Crippen molar-refractivity contribution in [2.45, 2.75) is 37.9 Å². The number of ether oxygens (including phenoxy) is 1. The average molecular weight is 204 g/mol. The molecule has 2 unspecified atom stereocenters. The molecule has 1 saturated heterocycles. The Morgan fingerprint density at radius 1 is 1.40 bits per heavy atom. The summed E-state index contributed by atoms with van der Waals surface area (Å²) in [7, 11) is 0. The summed E-state index contributed by atoms with van der Waals surface area (Å²) < 4.78 is 5.57. The van der Waals surface area contributed by atoms with Crippen LogP contribution in [0.15, 0.2) is 30.3 Å². The molecule has 1 heterocycles. The zero-order valence-corrected chi connectivity index (χ0v) is 8.98. The second-order valence-electron chi connectivity index (χ2n) is 4.03. The standard InChI is InChI=1S/C13H16O2/c1-2-3-9-12-13(10-14,15-12)11-7-5-4-6-8-11/h4-8,10,12H,2-3,9H2,1H3. The van der Waals surface area contributed by atoms with E-state index in [1.54, 1.807) is 0 Å². The van der Waals surface area contributed by atoms with Crippen molar-refractivity contribution in [1.82, 2.24) is 0 Å². The largest absolute Gasteiger partial charge is 0.353 e. The van der Waals surface area contributed by atoms with Crippen LogP contribution in [-0.4, -0.2) is 12.4 Å². The van der Waals surface area contributed by atoms with Gasteiger partial charge < -0.3 is 4.74 Å². The van der Waals surface area contributed by atoms with Gasteiger partial charge >= 0.3 is 0 Å². The highest BCUT2D eigenvalue weighted by molar-refractivity contribution is 5.71. The quantitative estimate of drug-likeness (QED) is 0.545. The van der Waals surface area contributed by atoms with Gasteiger partial charge in [-0.3, -0.25) is 4.79 Å². The maximum atomic E-state index is 11.1. The van der Waals surface area contributed by atoms with Crippen LogP contribution in [-0.2, 0) is 15.1 Å². The molecule has 0 spiro atoms. The van der Waals surface area contributed by atoms with Crippen LogP contribution < -0.4 is 0 Å². The normalized spacial score (nSPS) is 28.7. The van der Waals surface area contributed by atoms with Crippen molar-refractivity contribution >= 4 is 6.29 Å². The smallest absolute Gasteiger partial charge is 0.174 e. The van der Waals surface area contributed by atoms with Crippen LogP contribution in [0.1, 0.15) is 31.7 Å².